The molecule has 2 aromatic rings. The summed E-state index contributed by atoms with van der Waals surface area (Å²) in [5.41, 5.74) is 7.97. The first-order chi connectivity index (χ1) is 8.29. The first-order valence-corrected chi connectivity index (χ1v) is 5.82. The van der Waals surface area contributed by atoms with Crippen molar-refractivity contribution in [2.24, 2.45) is 5.73 Å². The molecule has 0 aliphatic carbocycles. The SMILES string of the molecule is Cc1ccc(Oc2ccccc2CCN)cc1.Cl. The van der Waals surface area contributed by atoms with Crippen LogP contribution in [0.15, 0.2) is 48.5 Å². The van der Waals surface area contributed by atoms with E-state index < -0.39 is 0 Å². The Hall–Kier alpha value is -1.51. The van der Waals surface area contributed by atoms with Crippen LogP contribution >= 0.6 is 12.4 Å². The van der Waals surface area contributed by atoms with Gasteiger partial charge >= 0.3 is 0 Å². The van der Waals surface area contributed by atoms with Crippen molar-refractivity contribution in [2.45, 2.75) is 13.3 Å². The third kappa shape index (κ3) is 3.76. The molecule has 0 aliphatic heterocycles. The molecule has 0 radical (unpaired) electrons. The zero-order valence-electron chi connectivity index (χ0n) is 10.4. The van der Waals surface area contributed by atoms with E-state index >= 15 is 0 Å². The number of halogens is 1. The van der Waals surface area contributed by atoms with Crippen LogP contribution in [-0.4, -0.2) is 6.54 Å². The minimum Gasteiger partial charge on any atom is -0.457 e. The lowest BCUT2D eigenvalue weighted by Gasteiger charge is -2.10. The number of nitrogens with two attached hydrogens (primary N) is 1. The minimum atomic E-state index is 0. The van der Waals surface area contributed by atoms with Crippen LogP contribution in [0.3, 0.4) is 0 Å². The number of hydrogen-bond acceptors (Lipinski definition) is 2. The van der Waals surface area contributed by atoms with E-state index in [1.807, 2.05) is 42.5 Å². The van der Waals surface area contributed by atoms with Crippen LogP contribution in [0.25, 0.3) is 0 Å². The maximum absolute atomic E-state index is 5.86. The zero-order valence-corrected chi connectivity index (χ0v) is 11.2. The van der Waals surface area contributed by atoms with Gasteiger partial charge in [0, 0.05) is 0 Å². The molecule has 2 rings (SSSR count). The molecule has 2 N–H and O–H groups in total. The van der Waals surface area contributed by atoms with Crippen molar-refractivity contribution in [3.05, 3.63) is 59.7 Å². The van der Waals surface area contributed by atoms with Crippen LogP contribution in [-0.2, 0) is 6.42 Å². The normalized spacial score (nSPS) is 9.67. The summed E-state index contributed by atoms with van der Waals surface area (Å²) in [5, 5.41) is 0. The number of para-hydroxylation sites is 1. The molecule has 0 spiro atoms. The molecule has 18 heavy (non-hydrogen) atoms. The average molecular weight is 264 g/mol. The fourth-order valence-electron chi connectivity index (χ4n) is 1.70. The molecule has 0 unspecified atom stereocenters. The van der Waals surface area contributed by atoms with E-state index in [2.05, 4.69) is 13.0 Å². The van der Waals surface area contributed by atoms with Gasteiger partial charge in [0.2, 0.25) is 0 Å². The third-order valence-electron chi connectivity index (χ3n) is 2.64. The molecule has 2 aromatic carbocycles. The van der Waals surface area contributed by atoms with Gasteiger partial charge in [-0.05, 0) is 43.7 Å². The standard InChI is InChI=1S/C15H17NO.ClH/c1-12-6-8-14(9-7-12)17-15-5-3-2-4-13(15)10-11-16;/h2-9H,10-11,16H2,1H3;1H. The number of benzene rings is 2. The van der Waals surface area contributed by atoms with E-state index in [0.29, 0.717) is 6.54 Å². The van der Waals surface area contributed by atoms with Crippen molar-refractivity contribution in [1.82, 2.24) is 0 Å². The third-order valence-corrected chi connectivity index (χ3v) is 2.64. The van der Waals surface area contributed by atoms with Gasteiger partial charge < -0.3 is 10.5 Å². The number of ether oxygens (including phenoxy) is 1. The van der Waals surface area contributed by atoms with Crippen molar-refractivity contribution < 1.29 is 4.74 Å². The minimum absolute atomic E-state index is 0. The predicted octanol–water partition coefficient (Wildman–Crippen LogP) is 3.71. The van der Waals surface area contributed by atoms with Crippen LogP contribution in [0.1, 0.15) is 11.1 Å². The summed E-state index contributed by atoms with van der Waals surface area (Å²) in [6.45, 7) is 2.69. The van der Waals surface area contributed by atoms with E-state index in [1.54, 1.807) is 0 Å². The van der Waals surface area contributed by atoms with Crippen molar-refractivity contribution >= 4 is 12.4 Å². The average Bonchev–Trinajstić information content (AvgIpc) is 2.35. The first-order valence-electron chi connectivity index (χ1n) is 5.82. The topological polar surface area (TPSA) is 35.2 Å². The Kier molecular flexibility index (Phi) is 5.69. The van der Waals surface area contributed by atoms with Crippen LogP contribution in [0.2, 0.25) is 0 Å². The number of rotatable bonds is 4. The van der Waals surface area contributed by atoms with Gasteiger partial charge in [0.05, 0.1) is 0 Å². The summed E-state index contributed by atoms with van der Waals surface area (Å²) >= 11 is 0. The van der Waals surface area contributed by atoms with E-state index in [1.165, 1.54) is 5.56 Å². The molecule has 0 amide bonds. The van der Waals surface area contributed by atoms with Crippen molar-refractivity contribution in [2.75, 3.05) is 6.54 Å². The molecule has 2 nitrogen and oxygen atoms in total. The van der Waals surface area contributed by atoms with Gasteiger partial charge in [0.1, 0.15) is 11.5 Å². The maximum Gasteiger partial charge on any atom is 0.130 e. The quantitative estimate of drug-likeness (QED) is 0.913. The van der Waals surface area contributed by atoms with Gasteiger partial charge in [-0.3, -0.25) is 0 Å². The summed E-state index contributed by atoms with van der Waals surface area (Å²) in [5.74, 6) is 1.75. The van der Waals surface area contributed by atoms with Crippen molar-refractivity contribution in [1.29, 1.82) is 0 Å². The molecule has 3 heteroatoms. The lowest BCUT2D eigenvalue weighted by atomic mass is 10.1. The Morgan fingerprint density at radius 2 is 1.67 bits per heavy atom. The highest BCUT2D eigenvalue weighted by molar-refractivity contribution is 5.85. The van der Waals surface area contributed by atoms with Crippen LogP contribution in [0.5, 0.6) is 11.5 Å². The van der Waals surface area contributed by atoms with Gasteiger partial charge in [-0.1, -0.05) is 35.9 Å². The largest absolute Gasteiger partial charge is 0.457 e. The number of hydrogen-bond donors (Lipinski definition) is 1. The molecular formula is C15H18ClNO. The van der Waals surface area contributed by atoms with Gasteiger partial charge in [-0.2, -0.15) is 0 Å². The maximum atomic E-state index is 5.86. The molecule has 0 aromatic heterocycles. The van der Waals surface area contributed by atoms with Gasteiger partial charge in [0.25, 0.3) is 0 Å². The fourth-order valence-corrected chi connectivity index (χ4v) is 1.70. The molecule has 0 heterocycles. The van der Waals surface area contributed by atoms with Crippen molar-refractivity contribution in [3.63, 3.8) is 0 Å². The summed E-state index contributed by atoms with van der Waals surface area (Å²) in [6, 6.07) is 16.1. The Morgan fingerprint density at radius 3 is 2.33 bits per heavy atom. The molecule has 0 saturated carbocycles. The van der Waals surface area contributed by atoms with E-state index in [-0.39, 0.29) is 12.4 Å². The summed E-state index contributed by atoms with van der Waals surface area (Å²) in [6.07, 6.45) is 0.835. The van der Waals surface area contributed by atoms with E-state index in [9.17, 15) is 0 Å². The van der Waals surface area contributed by atoms with E-state index in [4.69, 9.17) is 10.5 Å². The lowest BCUT2D eigenvalue weighted by molar-refractivity contribution is 0.476. The summed E-state index contributed by atoms with van der Waals surface area (Å²) in [4.78, 5) is 0. The van der Waals surface area contributed by atoms with Gasteiger partial charge in [-0.15, -0.1) is 12.4 Å². The molecule has 0 bridgehead atoms. The summed E-state index contributed by atoms with van der Waals surface area (Å²) < 4.78 is 5.86. The Labute approximate surface area is 114 Å². The predicted molar refractivity (Wildman–Crippen MR) is 77.7 cm³/mol. The fraction of sp³-hybridized carbons (Fsp3) is 0.200. The Balaban J connectivity index is 0.00000162. The second-order valence-corrected chi connectivity index (χ2v) is 4.06. The lowest BCUT2D eigenvalue weighted by Crippen LogP contribution is -2.03. The smallest absolute Gasteiger partial charge is 0.130 e. The Morgan fingerprint density at radius 1 is 1.00 bits per heavy atom. The molecular weight excluding hydrogens is 246 g/mol. The molecule has 0 aliphatic rings. The zero-order chi connectivity index (χ0) is 12.1. The van der Waals surface area contributed by atoms with Gasteiger partial charge in [0.15, 0.2) is 0 Å². The van der Waals surface area contributed by atoms with Crippen molar-refractivity contribution in [3.8, 4) is 11.5 Å². The molecule has 0 fully saturated rings. The van der Waals surface area contributed by atoms with Gasteiger partial charge in [-0.25, -0.2) is 0 Å². The highest BCUT2D eigenvalue weighted by Gasteiger charge is 2.03. The molecule has 96 valence electrons. The number of aryl methyl sites for hydroxylation is 1. The molecule has 0 atom stereocenters. The Bertz CT molecular complexity index is 482. The monoisotopic (exact) mass is 263 g/mol. The first kappa shape index (κ1) is 14.6. The van der Waals surface area contributed by atoms with Crippen LogP contribution in [0, 0.1) is 6.92 Å². The van der Waals surface area contributed by atoms with Crippen LogP contribution in [0.4, 0.5) is 0 Å². The van der Waals surface area contributed by atoms with Crippen LogP contribution < -0.4 is 10.5 Å². The summed E-state index contributed by atoms with van der Waals surface area (Å²) in [7, 11) is 0. The van der Waals surface area contributed by atoms with E-state index in [0.717, 1.165) is 23.5 Å². The second kappa shape index (κ2) is 7.04. The second-order valence-electron chi connectivity index (χ2n) is 4.06. The highest BCUT2D eigenvalue weighted by atomic mass is 35.5. The molecule has 0 saturated heterocycles. The highest BCUT2D eigenvalue weighted by Crippen LogP contribution is 2.25.